The fourth-order valence-electron chi connectivity index (χ4n) is 3.16. The van der Waals surface area contributed by atoms with Crippen molar-refractivity contribution >= 4 is 6.29 Å². The van der Waals surface area contributed by atoms with Gasteiger partial charge in [-0.1, -0.05) is 6.07 Å². The Bertz CT molecular complexity index is 768. The first-order valence-corrected chi connectivity index (χ1v) is 7.00. The van der Waals surface area contributed by atoms with Crippen LogP contribution < -0.4 is 14.2 Å². The molecule has 5 heteroatoms. The third-order valence-corrected chi connectivity index (χ3v) is 4.23. The number of aromatic hydroxyl groups is 1. The molecule has 4 rings (SSSR count). The Kier molecular flexibility index (Phi) is 2.76. The van der Waals surface area contributed by atoms with Crippen LogP contribution in [0.2, 0.25) is 0 Å². The van der Waals surface area contributed by atoms with Crippen LogP contribution in [0.15, 0.2) is 30.3 Å². The maximum Gasteiger partial charge on any atom is 0.153 e. The predicted octanol–water partition coefficient (Wildman–Crippen LogP) is 2.82. The van der Waals surface area contributed by atoms with E-state index >= 15 is 0 Å². The molecule has 2 atom stereocenters. The van der Waals surface area contributed by atoms with Gasteiger partial charge in [0.05, 0.1) is 25.2 Å². The second-order valence-electron chi connectivity index (χ2n) is 5.43. The number of benzene rings is 2. The van der Waals surface area contributed by atoms with Crippen molar-refractivity contribution in [1.82, 2.24) is 0 Å². The molecule has 5 nitrogen and oxygen atoms in total. The van der Waals surface area contributed by atoms with Gasteiger partial charge < -0.3 is 19.3 Å². The zero-order chi connectivity index (χ0) is 15.3. The number of methoxy groups -OCH3 is 1. The first-order chi connectivity index (χ1) is 10.7. The Hall–Kier alpha value is -2.69. The molecule has 0 fully saturated rings. The van der Waals surface area contributed by atoms with Crippen molar-refractivity contribution < 1.29 is 24.1 Å². The number of ether oxygens (including phenoxy) is 3. The van der Waals surface area contributed by atoms with Crippen LogP contribution in [-0.2, 0) is 0 Å². The number of fused-ring (bicyclic) bond motifs is 5. The van der Waals surface area contributed by atoms with Crippen molar-refractivity contribution in [3.63, 3.8) is 0 Å². The van der Waals surface area contributed by atoms with Crippen LogP contribution >= 0.6 is 0 Å². The standard InChI is InChI=1S/C17H14O5/c1-20-14-6-15-12(4-9(14)7-18)17-13(8-21-15)11-3-2-10(19)5-16(11)22-17/h2-7,13,17,19H,8H2,1H3/t13-,17-/m0/s1. The largest absolute Gasteiger partial charge is 0.508 e. The van der Waals surface area contributed by atoms with Crippen LogP contribution in [0, 0.1) is 0 Å². The van der Waals surface area contributed by atoms with E-state index in [1.807, 2.05) is 6.07 Å². The van der Waals surface area contributed by atoms with Crippen LogP contribution in [0.5, 0.6) is 23.0 Å². The number of hydrogen-bond acceptors (Lipinski definition) is 5. The molecule has 2 aromatic carbocycles. The molecule has 0 saturated carbocycles. The Labute approximate surface area is 127 Å². The monoisotopic (exact) mass is 298 g/mol. The van der Waals surface area contributed by atoms with Crippen molar-refractivity contribution in [1.29, 1.82) is 0 Å². The summed E-state index contributed by atoms with van der Waals surface area (Å²) in [7, 11) is 1.52. The SMILES string of the molecule is COc1cc2c(cc1C=O)[C@@H]1Oc3cc(O)ccc3[C@@H]1CO2. The number of rotatable bonds is 2. The van der Waals surface area contributed by atoms with Crippen LogP contribution in [0.3, 0.4) is 0 Å². The quantitative estimate of drug-likeness (QED) is 0.864. The normalized spacial score (nSPS) is 21.0. The minimum absolute atomic E-state index is 0.0518. The van der Waals surface area contributed by atoms with Gasteiger partial charge >= 0.3 is 0 Å². The molecule has 2 aromatic rings. The van der Waals surface area contributed by atoms with Gasteiger partial charge in [0.25, 0.3) is 0 Å². The maximum atomic E-state index is 11.2. The zero-order valence-electron chi connectivity index (χ0n) is 11.9. The fraction of sp³-hybridized carbons (Fsp3) is 0.235. The van der Waals surface area contributed by atoms with Gasteiger partial charge in [-0.3, -0.25) is 4.79 Å². The van der Waals surface area contributed by atoms with Gasteiger partial charge in [0.2, 0.25) is 0 Å². The van der Waals surface area contributed by atoms with E-state index in [1.165, 1.54) is 7.11 Å². The average molecular weight is 298 g/mol. The Morgan fingerprint density at radius 2 is 2.09 bits per heavy atom. The summed E-state index contributed by atoms with van der Waals surface area (Å²) in [4.78, 5) is 11.2. The number of carbonyl (C=O) groups is 1. The molecule has 0 saturated heterocycles. The summed E-state index contributed by atoms with van der Waals surface area (Å²) in [6, 6.07) is 8.58. The second kappa shape index (κ2) is 4.66. The van der Waals surface area contributed by atoms with E-state index < -0.39 is 0 Å². The Morgan fingerprint density at radius 3 is 2.86 bits per heavy atom. The van der Waals surface area contributed by atoms with Gasteiger partial charge in [-0.2, -0.15) is 0 Å². The van der Waals surface area contributed by atoms with Gasteiger partial charge in [-0.05, 0) is 12.1 Å². The van der Waals surface area contributed by atoms with E-state index in [4.69, 9.17) is 14.2 Å². The van der Waals surface area contributed by atoms with Crippen LogP contribution in [0.1, 0.15) is 33.5 Å². The van der Waals surface area contributed by atoms with Crippen LogP contribution in [0.25, 0.3) is 0 Å². The Morgan fingerprint density at radius 1 is 1.23 bits per heavy atom. The molecular formula is C17H14O5. The van der Waals surface area contributed by atoms with Crippen molar-refractivity contribution in [3.05, 3.63) is 47.0 Å². The first-order valence-electron chi connectivity index (χ1n) is 7.00. The van der Waals surface area contributed by atoms with E-state index in [-0.39, 0.29) is 17.8 Å². The molecule has 22 heavy (non-hydrogen) atoms. The van der Waals surface area contributed by atoms with E-state index in [0.717, 1.165) is 17.4 Å². The van der Waals surface area contributed by atoms with Gasteiger partial charge in [-0.25, -0.2) is 0 Å². The summed E-state index contributed by atoms with van der Waals surface area (Å²) >= 11 is 0. The number of carbonyl (C=O) groups excluding carboxylic acids is 1. The topological polar surface area (TPSA) is 65.0 Å². The van der Waals surface area contributed by atoms with Crippen molar-refractivity contribution in [2.75, 3.05) is 13.7 Å². The number of aldehydes is 1. The van der Waals surface area contributed by atoms with Crippen molar-refractivity contribution in [3.8, 4) is 23.0 Å². The van der Waals surface area contributed by atoms with Crippen molar-refractivity contribution in [2.24, 2.45) is 0 Å². The minimum atomic E-state index is -0.217. The van der Waals surface area contributed by atoms with E-state index in [0.29, 0.717) is 29.4 Å². The average Bonchev–Trinajstić information content (AvgIpc) is 2.91. The zero-order valence-corrected chi connectivity index (χ0v) is 11.9. The van der Waals surface area contributed by atoms with E-state index in [2.05, 4.69) is 0 Å². The summed E-state index contributed by atoms with van der Waals surface area (Å²) in [6.07, 6.45) is 0.543. The maximum absolute atomic E-state index is 11.2. The second-order valence-corrected chi connectivity index (χ2v) is 5.43. The fourth-order valence-corrected chi connectivity index (χ4v) is 3.16. The molecule has 2 aliphatic heterocycles. The highest BCUT2D eigenvalue weighted by Crippen LogP contribution is 2.52. The number of hydrogen-bond donors (Lipinski definition) is 1. The molecule has 0 aromatic heterocycles. The lowest BCUT2D eigenvalue weighted by Crippen LogP contribution is -2.23. The molecule has 0 radical (unpaired) electrons. The molecule has 2 heterocycles. The van der Waals surface area contributed by atoms with E-state index in [9.17, 15) is 9.90 Å². The first kappa shape index (κ1) is 13.0. The molecule has 0 aliphatic carbocycles. The van der Waals surface area contributed by atoms with Gasteiger partial charge in [0, 0.05) is 23.3 Å². The van der Waals surface area contributed by atoms with Gasteiger partial charge in [0.15, 0.2) is 6.29 Å². The number of phenolic OH excluding ortho intramolecular Hbond substituents is 1. The summed E-state index contributed by atoms with van der Waals surface area (Å²) < 4.78 is 17.0. The molecule has 0 bridgehead atoms. The lowest BCUT2D eigenvalue weighted by Gasteiger charge is -2.28. The summed E-state index contributed by atoms with van der Waals surface area (Å²) in [5.74, 6) is 2.04. The third kappa shape index (κ3) is 1.75. The molecular weight excluding hydrogens is 284 g/mol. The molecule has 112 valence electrons. The van der Waals surface area contributed by atoms with Crippen molar-refractivity contribution in [2.45, 2.75) is 12.0 Å². The van der Waals surface area contributed by atoms with Gasteiger partial charge in [0.1, 0.15) is 29.1 Å². The smallest absolute Gasteiger partial charge is 0.153 e. The summed E-state index contributed by atoms with van der Waals surface area (Å²) in [5, 5.41) is 9.60. The predicted molar refractivity (Wildman–Crippen MR) is 78.1 cm³/mol. The molecule has 0 amide bonds. The lowest BCUT2D eigenvalue weighted by atomic mass is 9.88. The lowest BCUT2D eigenvalue weighted by molar-refractivity contribution is 0.111. The molecule has 0 unspecified atom stereocenters. The summed E-state index contributed by atoms with van der Waals surface area (Å²) in [5.41, 5.74) is 2.31. The summed E-state index contributed by atoms with van der Waals surface area (Å²) in [6.45, 7) is 0.485. The highest BCUT2D eigenvalue weighted by molar-refractivity contribution is 5.81. The van der Waals surface area contributed by atoms with Gasteiger partial charge in [-0.15, -0.1) is 0 Å². The third-order valence-electron chi connectivity index (χ3n) is 4.23. The molecule has 0 spiro atoms. The highest BCUT2D eigenvalue weighted by Gasteiger charge is 2.41. The molecule has 2 aliphatic rings. The molecule has 1 N–H and O–H groups in total. The minimum Gasteiger partial charge on any atom is -0.508 e. The van der Waals surface area contributed by atoms with E-state index in [1.54, 1.807) is 24.3 Å². The Balaban J connectivity index is 1.81. The highest BCUT2D eigenvalue weighted by atomic mass is 16.5. The number of phenols is 1. The van der Waals surface area contributed by atoms with Crippen LogP contribution in [-0.4, -0.2) is 25.1 Å². The van der Waals surface area contributed by atoms with Crippen LogP contribution in [0.4, 0.5) is 0 Å².